The molecular weight excluding hydrogens is 525 g/mol. The summed E-state index contributed by atoms with van der Waals surface area (Å²) in [4.78, 5) is 28.6. The van der Waals surface area contributed by atoms with Crippen molar-refractivity contribution >= 4 is 52.4 Å². The number of thioether (sulfide) groups is 1. The molecule has 0 aliphatic carbocycles. The van der Waals surface area contributed by atoms with Crippen molar-refractivity contribution < 1.29 is 4.79 Å². The molecule has 37 heavy (non-hydrogen) atoms. The SMILES string of the molecule is CC1CCN(C(=O)c2ccc(CSc3nc(Cl)cc(N4CCN(c5ccccc5Cl)CC4)n3)cc2)CC1. The van der Waals surface area contributed by atoms with Gasteiger partial charge in [0.05, 0.1) is 10.7 Å². The number of halogens is 2. The van der Waals surface area contributed by atoms with Gasteiger partial charge in [-0.25, -0.2) is 9.97 Å². The predicted octanol–water partition coefficient (Wildman–Crippen LogP) is 6.27. The monoisotopic (exact) mass is 555 g/mol. The third-order valence-electron chi connectivity index (χ3n) is 7.10. The van der Waals surface area contributed by atoms with Crippen molar-refractivity contribution in [2.75, 3.05) is 49.1 Å². The summed E-state index contributed by atoms with van der Waals surface area (Å²) >= 11 is 14.3. The lowest BCUT2D eigenvalue weighted by Crippen LogP contribution is -2.47. The highest BCUT2D eigenvalue weighted by Gasteiger charge is 2.22. The van der Waals surface area contributed by atoms with E-state index in [0.29, 0.717) is 22.0 Å². The molecule has 194 valence electrons. The molecule has 0 N–H and O–H groups in total. The van der Waals surface area contributed by atoms with E-state index in [0.717, 1.165) is 79.8 Å². The molecule has 6 nitrogen and oxygen atoms in total. The average molecular weight is 557 g/mol. The molecule has 3 aromatic rings. The maximum absolute atomic E-state index is 12.8. The highest BCUT2D eigenvalue weighted by Crippen LogP contribution is 2.29. The molecule has 0 atom stereocenters. The van der Waals surface area contributed by atoms with Gasteiger partial charge in [-0.1, -0.05) is 66.2 Å². The van der Waals surface area contributed by atoms with Crippen molar-refractivity contribution in [1.29, 1.82) is 0 Å². The highest BCUT2D eigenvalue weighted by molar-refractivity contribution is 7.98. The minimum atomic E-state index is 0.128. The van der Waals surface area contributed by atoms with Crippen molar-refractivity contribution in [1.82, 2.24) is 14.9 Å². The summed E-state index contributed by atoms with van der Waals surface area (Å²) in [7, 11) is 0. The van der Waals surface area contributed by atoms with E-state index in [1.807, 2.05) is 53.4 Å². The first-order valence-corrected chi connectivity index (χ1v) is 14.5. The van der Waals surface area contributed by atoms with Crippen molar-refractivity contribution in [3.63, 3.8) is 0 Å². The first-order chi connectivity index (χ1) is 18.0. The molecule has 0 unspecified atom stereocenters. The van der Waals surface area contributed by atoms with Gasteiger partial charge in [0.2, 0.25) is 0 Å². The van der Waals surface area contributed by atoms with Gasteiger partial charge in [0.25, 0.3) is 5.91 Å². The topological polar surface area (TPSA) is 52.6 Å². The van der Waals surface area contributed by atoms with Crippen molar-refractivity contribution in [3.05, 3.63) is 75.9 Å². The maximum atomic E-state index is 12.8. The minimum Gasteiger partial charge on any atom is -0.367 e. The van der Waals surface area contributed by atoms with Crippen LogP contribution >= 0.6 is 35.0 Å². The summed E-state index contributed by atoms with van der Waals surface area (Å²) in [6.07, 6.45) is 2.16. The van der Waals surface area contributed by atoms with Crippen LogP contribution in [0.25, 0.3) is 0 Å². The van der Waals surface area contributed by atoms with E-state index in [9.17, 15) is 4.79 Å². The number of carbonyl (C=O) groups excluding carboxylic acids is 1. The first-order valence-electron chi connectivity index (χ1n) is 12.8. The molecule has 2 aliphatic rings. The van der Waals surface area contributed by atoms with Gasteiger partial charge in [0.15, 0.2) is 5.16 Å². The Balaban J connectivity index is 1.17. The standard InChI is InChI=1S/C28H31Cl2N5OS/c1-20-10-12-35(13-11-20)27(36)22-8-6-21(7-9-22)19-37-28-31-25(30)18-26(32-28)34-16-14-33(15-17-34)24-5-3-2-4-23(24)29/h2-9,18,20H,10-17,19H2,1H3. The van der Waals surface area contributed by atoms with Gasteiger partial charge in [0, 0.05) is 56.7 Å². The van der Waals surface area contributed by atoms with Crippen LogP contribution in [0.1, 0.15) is 35.7 Å². The molecule has 1 aromatic heterocycles. The Labute approximate surface area is 233 Å². The van der Waals surface area contributed by atoms with E-state index in [-0.39, 0.29) is 5.91 Å². The fourth-order valence-corrected chi connectivity index (χ4v) is 6.07. The number of carbonyl (C=O) groups is 1. The molecule has 0 spiro atoms. The van der Waals surface area contributed by atoms with Gasteiger partial charge in [0.1, 0.15) is 11.0 Å². The molecule has 9 heteroatoms. The Morgan fingerprint density at radius 3 is 2.30 bits per heavy atom. The number of piperazine rings is 1. The van der Waals surface area contributed by atoms with E-state index in [4.69, 9.17) is 28.2 Å². The number of likely N-dealkylation sites (tertiary alicyclic amines) is 1. The number of benzene rings is 2. The molecule has 2 saturated heterocycles. The van der Waals surface area contributed by atoms with Crippen LogP contribution in [0.5, 0.6) is 0 Å². The Bertz CT molecular complexity index is 1230. The zero-order valence-electron chi connectivity index (χ0n) is 20.9. The van der Waals surface area contributed by atoms with Crippen LogP contribution in [0.4, 0.5) is 11.5 Å². The molecule has 0 saturated carbocycles. The lowest BCUT2D eigenvalue weighted by molar-refractivity contribution is 0.0697. The van der Waals surface area contributed by atoms with Crippen LogP contribution in [0.2, 0.25) is 10.2 Å². The van der Waals surface area contributed by atoms with Crippen LogP contribution in [0.15, 0.2) is 59.8 Å². The van der Waals surface area contributed by atoms with Crippen molar-refractivity contribution in [3.8, 4) is 0 Å². The van der Waals surface area contributed by atoms with E-state index < -0.39 is 0 Å². The Hall–Kier alpha value is -2.48. The van der Waals surface area contributed by atoms with E-state index in [2.05, 4.69) is 27.8 Å². The molecule has 3 heterocycles. The second kappa shape index (κ2) is 11.9. The number of amides is 1. The number of hydrogen-bond acceptors (Lipinski definition) is 6. The lowest BCUT2D eigenvalue weighted by atomic mass is 9.98. The number of anilines is 2. The average Bonchev–Trinajstić information content (AvgIpc) is 2.92. The largest absolute Gasteiger partial charge is 0.367 e. The fourth-order valence-electron chi connectivity index (χ4n) is 4.78. The zero-order chi connectivity index (χ0) is 25.8. The van der Waals surface area contributed by atoms with E-state index in [1.54, 1.807) is 11.8 Å². The van der Waals surface area contributed by atoms with Gasteiger partial charge in [-0.3, -0.25) is 4.79 Å². The quantitative estimate of drug-likeness (QED) is 0.203. The van der Waals surface area contributed by atoms with Crippen molar-refractivity contribution in [2.24, 2.45) is 5.92 Å². The number of nitrogens with zero attached hydrogens (tertiary/aromatic N) is 5. The van der Waals surface area contributed by atoms with Crippen LogP contribution < -0.4 is 9.80 Å². The summed E-state index contributed by atoms with van der Waals surface area (Å²) in [5.41, 5.74) is 2.94. The smallest absolute Gasteiger partial charge is 0.253 e. The summed E-state index contributed by atoms with van der Waals surface area (Å²) in [5.74, 6) is 2.38. The molecule has 0 bridgehead atoms. The number of hydrogen-bond donors (Lipinski definition) is 0. The summed E-state index contributed by atoms with van der Waals surface area (Å²) in [6, 6.07) is 17.7. The lowest BCUT2D eigenvalue weighted by Gasteiger charge is -2.37. The van der Waals surface area contributed by atoms with Crippen molar-refractivity contribution in [2.45, 2.75) is 30.7 Å². The zero-order valence-corrected chi connectivity index (χ0v) is 23.3. The van der Waals surface area contributed by atoms with Crippen LogP contribution in [0.3, 0.4) is 0 Å². The first kappa shape index (κ1) is 26.1. The van der Waals surface area contributed by atoms with Gasteiger partial charge >= 0.3 is 0 Å². The van der Waals surface area contributed by atoms with E-state index in [1.165, 1.54) is 0 Å². The maximum Gasteiger partial charge on any atom is 0.253 e. The Kier molecular flexibility index (Phi) is 8.43. The van der Waals surface area contributed by atoms with Gasteiger partial charge in [-0.05, 0) is 48.6 Å². The molecule has 2 fully saturated rings. The third-order valence-corrected chi connectivity index (χ3v) is 8.53. The van der Waals surface area contributed by atoms with Gasteiger partial charge in [-0.15, -0.1) is 0 Å². The number of piperidine rings is 1. The van der Waals surface area contributed by atoms with Gasteiger partial charge < -0.3 is 14.7 Å². The van der Waals surface area contributed by atoms with E-state index >= 15 is 0 Å². The van der Waals surface area contributed by atoms with Gasteiger partial charge in [-0.2, -0.15) is 0 Å². The fraction of sp³-hybridized carbons (Fsp3) is 0.393. The van der Waals surface area contributed by atoms with Crippen LogP contribution in [0, 0.1) is 5.92 Å². The molecule has 2 aliphatic heterocycles. The second-order valence-corrected chi connectivity index (χ2v) is 11.5. The number of para-hydroxylation sites is 1. The predicted molar refractivity (Wildman–Crippen MR) is 153 cm³/mol. The second-order valence-electron chi connectivity index (χ2n) is 9.72. The summed E-state index contributed by atoms with van der Waals surface area (Å²) in [6.45, 7) is 7.32. The number of rotatable bonds is 6. The highest BCUT2D eigenvalue weighted by atomic mass is 35.5. The molecule has 5 rings (SSSR count). The minimum absolute atomic E-state index is 0.128. The summed E-state index contributed by atoms with van der Waals surface area (Å²) in [5, 5.41) is 1.87. The molecule has 2 aromatic carbocycles. The van der Waals surface area contributed by atoms with Crippen LogP contribution in [-0.2, 0) is 5.75 Å². The summed E-state index contributed by atoms with van der Waals surface area (Å²) < 4.78 is 0. The third kappa shape index (κ3) is 6.51. The normalized spacial score (nSPS) is 16.8. The molecular formula is C28H31Cl2N5OS. The molecule has 1 amide bonds. The molecule has 0 radical (unpaired) electrons. The Morgan fingerprint density at radius 2 is 1.59 bits per heavy atom. The van der Waals surface area contributed by atoms with Crippen LogP contribution in [-0.4, -0.2) is 60.0 Å². The Morgan fingerprint density at radius 1 is 0.919 bits per heavy atom. The number of aromatic nitrogens is 2.